The zero-order valence-electron chi connectivity index (χ0n) is 8.07. The molecule has 15 heavy (non-hydrogen) atoms. The van der Waals surface area contributed by atoms with E-state index in [2.05, 4.69) is 26.2 Å². The van der Waals surface area contributed by atoms with E-state index in [-0.39, 0.29) is 11.2 Å². The number of nitrogens with zero attached hydrogens (tertiary/aromatic N) is 1. The average Bonchev–Trinajstić information content (AvgIpc) is 2.74. The zero-order chi connectivity index (χ0) is 10.7. The van der Waals surface area contributed by atoms with Crippen LogP contribution in [0.25, 0.3) is 0 Å². The number of thioether (sulfide) groups is 1. The Balaban J connectivity index is 1.96. The molecule has 0 saturated carbocycles. The fourth-order valence-electron chi connectivity index (χ4n) is 1.44. The monoisotopic (exact) mass is 286 g/mol. The van der Waals surface area contributed by atoms with Gasteiger partial charge < -0.3 is 5.32 Å². The van der Waals surface area contributed by atoms with E-state index in [0.717, 1.165) is 23.1 Å². The van der Waals surface area contributed by atoms with E-state index >= 15 is 0 Å². The first kappa shape index (κ1) is 11.0. The van der Waals surface area contributed by atoms with Gasteiger partial charge in [0.1, 0.15) is 5.82 Å². The molecular formula is C10H11BrN2OS. The van der Waals surface area contributed by atoms with Crippen molar-refractivity contribution in [3.63, 3.8) is 0 Å². The molecule has 0 bridgehead atoms. The molecule has 2 rings (SSSR count). The lowest BCUT2D eigenvalue weighted by molar-refractivity contribution is -0.115. The second kappa shape index (κ2) is 4.99. The van der Waals surface area contributed by atoms with Crippen molar-refractivity contribution >= 4 is 39.4 Å². The van der Waals surface area contributed by atoms with Gasteiger partial charge in [-0.25, -0.2) is 4.98 Å². The highest BCUT2D eigenvalue weighted by Gasteiger charge is 2.23. The lowest BCUT2D eigenvalue weighted by Gasteiger charge is -2.08. The van der Waals surface area contributed by atoms with Crippen LogP contribution < -0.4 is 5.32 Å². The molecule has 1 amide bonds. The van der Waals surface area contributed by atoms with E-state index in [1.165, 1.54) is 0 Å². The number of halogens is 1. The van der Waals surface area contributed by atoms with E-state index in [1.54, 1.807) is 24.0 Å². The molecule has 1 aliphatic rings. The van der Waals surface area contributed by atoms with Crippen molar-refractivity contribution in [2.75, 3.05) is 11.1 Å². The maximum atomic E-state index is 11.7. The minimum Gasteiger partial charge on any atom is -0.310 e. The third-order valence-electron chi connectivity index (χ3n) is 2.20. The molecule has 0 spiro atoms. The Kier molecular flexibility index (Phi) is 3.64. The number of carbonyl (C=O) groups excluding carboxylic acids is 1. The van der Waals surface area contributed by atoms with Crippen LogP contribution in [0.3, 0.4) is 0 Å². The highest BCUT2D eigenvalue weighted by Crippen LogP contribution is 2.27. The maximum Gasteiger partial charge on any atom is 0.238 e. The van der Waals surface area contributed by atoms with Crippen molar-refractivity contribution in [2.24, 2.45) is 0 Å². The van der Waals surface area contributed by atoms with E-state index in [9.17, 15) is 4.79 Å². The van der Waals surface area contributed by atoms with Crippen LogP contribution in [0.2, 0.25) is 0 Å². The molecule has 0 aromatic carbocycles. The summed E-state index contributed by atoms with van der Waals surface area (Å²) in [6.07, 6.45) is 3.79. The number of anilines is 1. The summed E-state index contributed by atoms with van der Waals surface area (Å²) < 4.78 is 0.913. The Labute approximate surface area is 101 Å². The molecule has 80 valence electrons. The molecule has 0 aliphatic carbocycles. The normalized spacial score (nSPS) is 20.2. The summed E-state index contributed by atoms with van der Waals surface area (Å²) in [6, 6.07) is 3.66. The lowest BCUT2D eigenvalue weighted by atomic mass is 10.2. The van der Waals surface area contributed by atoms with Gasteiger partial charge in [-0.2, -0.15) is 0 Å². The number of pyridine rings is 1. The summed E-state index contributed by atoms with van der Waals surface area (Å²) in [4.78, 5) is 15.8. The molecule has 1 atom stereocenters. The summed E-state index contributed by atoms with van der Waals surface area (Å²) in [7, 11) is 0. The molecule has 1 unspecified atom stereocenters. The first-order valence-corrected chi connectivity index (χ1v) is 6.64. The first-order chi connectivity index (χ1) is 7.25. The van der Waals surface area contributed by atoms with Gasteiger partial charge in [0.15, 0.2) is 0 Å². The van der Waals surface area contributed by atoms with Crippen molar-refractivity contribution in [1.29, 1.82) is 0 Å². The second-order valence-electron chi connectivity index (χ2n) is 3.35. The summed E-state index contributed by atoms with van der Waals surface area (Å²) >= 11 is 5.02. The van der Waals surface area contributed by atoms with Crippen LogP contribution in [0.1, 0.15) is 12.8 Å². The van der Waals surface area contributed by atoms with Crippen LogP contribution in [0.4, 0.5) is 5.82 Å². The molecule has 1 saturated heterocycles. The van der Waals surface area contributed by atoms with Crippen molar-refractivity contribution in [1.82, 2.24) is 4.98 Å². The minimum atomic E-state index is 0.0762. The first-order valence-electron chi connectivity index (χ1n) is 4.80. The van der Waals surface area contributed by atoms with E-state index in [0.29, 0.717) is 5.82 Å². The van der Waals surface area contributed by atoms with Crippen molar-refractivity contribution in [3.05, 3.63) is 22.8 Å². The van der Waals surface area contributed by atoms with Gasteiger partial charge in [-0.05, 0) is 46.7 Å². The van der Waals surface area contributed by atoms with Gasteiger partial charge in [-0.3, -0.25) is 4.79 Å². The number of hydrogen-bond donors (Lipinski definition) is 1. The van der Waals surface area contributed by atoms with Gasteiger partial charge in [0, 0.05) is 10.7 Å². The smallest absolute Gasteiger partial charge is 0.238 e. The number of aromatic nitrogens is 1. The van der Waals surface area contributed by atoms with Crippen LogP contribution in [-0.2, 0) is 4.79 Å². The highest BCUT2D eigenvalue weighted by atomic mass is 79.9. The Morgan fingerprint density at radius 1 is 1.60 bits per heavy atom. The van der Waals surface area contributed by atoms with Crippen LogP contribution >= 0.6 is 27.7 Å². The standard InChI is InChI=1S/C10H11BrN2OS/c11-7-3-4-9(12-6-7)13-10(14)8-2-1-5-15-8/h3-4,6,8H,1-2,5H2,(H,12,13,14). The van der Waals surface area contributed by atoms with Gasteiger partial charge in [0.25, 0.3) is 0 Å². The van der Waals surface area contributed by atoms with Gasteiger partial charge >= 0.3 is 0 Å². The van der Waals surface area contributed by atoms with E-state index < -0.39 is 0 Å². The molecule has 1 aromatic heterocycles. The molecule has 1 aromatic rings. The molecule has 0 radical (unpaired) electrons. The Hall–Kier alpha value is -0.550. The van der Waals surface area contributed by atoms with Crippen LogP contribution in [-0.4, -0.2) is 21.9 Å². The Morgan fingerprint density at radius 2 is 2.47 bits per heavy atom. The van der Waals surface area contributed by atoms with E-state index in [1.807, 2.05) is 6.07 Å². The predicted molar refractivity (Wildman–Crippen MR) is 66.0 cm³/mol. The predicted octanol–water partition coefficient (Wildman–Crippen LogP) is 2.68. The third-order valence-corrected chi connectivity index (χ3v) is 4.05. The number of hydrogen-bond acceptors (Lipinski definition) is 3. The molecule has 5 heteroatoms. The molecule has 3 nitrogen and oxygen atoms in total. The summed E-state index contributed by atoms with van der Waals surface area (Å²) in [5.41, 5.74) is 0. The number of nitrogens with one attached hydrogen (secondary N) is 1. The average molecular weight is 287 g/mol. The van der Waals surface area contributed by atoms with Crippen molar-refractivity contribution < 1.29 is 4.79 Å². The number of amides is 1. The number of carbonyl (C=O) groups is 1. The Bertz CT molecular complexity index is 349. The SMILES string of the molecule is O=C(Nc1ccc(Br)cn1)C1CCCS1. The van der Waals surface area contributed by atoms with Gasteiger partial charge in [0.05, 0.1) is 5.25 Å². The molecule has 1 aliphatic heterocycles. The zero-order valence-corrected chi connectivity index (χ0v) is 10.5. The maximum absolute atomic E-state index is 11.7. The minimum absolute atomic E-state index is 0.0762. The number of rotatable bonds is 2. The summed E-state index contributed by atoms with van der Waals surface area (Å²) in [6.45, 7) is 0. The van der Waals surface area contributed by atoms with Crippen LogP contribution in [0.5, 0.6) is 0 Å². The largest absolute Gasteiger partial charge is 0.310 e. The van der Waals surface area contributed by atoms with Crippen molar-refractivity contribution in [3.8, 4) is 0 Å². The van der Waals surface area contributed by atoms with Gasteiger partial charge in [0.2, 0.25) is 5.91 Å². The summed E-state index contributed by atoms with van der Waals surface area (Å²) in [5, 5.41) is 2.93. The van der Waals surface area contributed by atoms with Gasteiger partial charge in [-0.15, -0.1) is 11.8 Å². The fourth-order valence-corrected chi connectivity index (χ4v) is 2.84. The van der Waals surface area contributed by atoms with E-state index in [4.69, 9.17) is 0 Å². The Morgan fingerprint density at radius 3 is 3.07 bits per heavy atom. The molecule has 2 heterocycles. The van der Waals surface area contributed by atoms with Crippen molar-refractivity contribution in [2.45, 2.75) is 18.1 Å². The molecule has 1 fully saturated rings. The highest BCUT2D eigenvalue weighted by molar-refractivity contribution is 9.10. The summed E-state index contributed by atoms with van der Waals surface area (Å²) in [5.74, 6) is 1.79. The quantitative estimate of drug-likeness (QED) is 0.909. The van der Waals surface area contributed by atoms with Gasteiger partial charge in [-0.1, -0.05) is 0 Å². The lowest BCUT2D eigenvalue weighted by Crippen LogP contribution is -2.23. The van der Waals surface area contributed by atoms with Crippen LogP contribution in [0, 0.1) is 0 Å². The van der Waals surface area contributed by atoms with Crippen LogP contribution in [0.15, 0.2) is 22.8 Å². The topological polar surface area (TPSA) is 42.0 Å². The molecule has 1 N–H and O–H groups in total. The fraction of sp³-hybridized carbons (Fsp3) is 0.400. The second-order valence-corrected chi connectivity index (χ2v) is 5.58. The molecular weight excluding hydrogens is 276 g/mol. The third kappa shape index (κ3) is 2.95.